The van der Waals surface area contributed by atoms with Crippen molar-refractivity contribution in [2.24, 2.45) is 0 Å². The van der Waals surface area contributed by atoms with Gasteiger partial charge in [-0.1, -0.05) is 0 Å². The SMILES string of the molecule is OCc1cn[nH]c1-c1ccoc1. The van der Waals surface area contributed by atoms with Crippen LogP contribution in [0.15, 0.2) is 29.2 Å². The average Bonchev–Trinajstić information content (AvgIpc) is 2.74. The first-order chi connectivity index (χ1) is 5.92. The zero-order valence-corrected chi connectivity index (χ0v) is 6.32. The molecule has 0 aromatic carbocycles. The van der Waals surface area contributed by atoms with Crippen LogP contribution in [0.2, 0.25) is 0 Å². The first-order valence-electron chi connectivity index (χ1n) is 3.57. The fraction of sp³-hybridized carbons (Fsp3) is 0.125. The molecule has 2 aromatic rings. The van der Waals surface area contributed by atoms with Crippen LogP contribution in [0.5, 0.6) is 0 Å². The van der Waals surface area contributed by atoms with E-state index in [4.69, 9.17) is 9.52 Å². The molecule has 2 N–H and O–H groups in total. The highest BCUT2D eigenvalue weighted by atomic mass is 16.3. The van der Waals surface area contributed by atoms with E-state index >= 15 is 0 Å². The van der Waals surface area contributed by atoms with Crippen LogP contribution >= 0.6 is 0 Å². The number of hydrogen-bond acceptors (Lipinski definition) is 3. The standard InChI is InChI=1S/C8H8N2O2/c11-4-7-3-9-10-8(7)6-1-2-12-5-6/h1-3,5,11H,4H2,(H,9,10). The molecule has 0 aliphatic rings. The van der Waals surface area contributed by atoms with E-state index in [0.717, 1.165) is 16.8 Å². The summed E-state index contributed by atoms with van der Waals surface area (Å²) in [4.78, 5) is 0. The summed E-state index contributed by atoms with van der Waals surface area (Å²) in [5.74, 6) is 0. The Hall–Kier alpha value is -1.55. The maximum Gasteiger partial charge on any atom is 0.0996 e. The normalized spacial score (nSPS) is 10.4. The summed E-state index contributed by atoms with van der Waals surface area (Å²) in [5.41, 5.74) is 2.49. The number of aliphatic hydroxyl groups excluding tert-OH is 1. The summed E-state index contributed by atoms with van der Waals surface area (Å²) in [5, 5.41) is 15.5. The van der Waals surface area contributed by atoms with E-state index in [9.17, 15) is 0 Å². The molecule has 0 bridgehead atoms. The van der Waals surface area contributed by atoms with Gasteiger partial charge in [0.05, 0.1) is 31.0 Å². The lowest BCUT2D eigenvalue weighted by Gasteiger charge is -1.93. The monoisotopic (exact) mass is 164 g/mol. The predicted octanol–water partition coefficient (Wildman–Crippen LogP) is 1.16. The van der Waals surface area contributed by atoms with Gasteiger partial charge in [-0.25, -0.2) is 0 Å². The Morgan fingerprint density at radius 1 is 1.58 bits per heavy atom. The van der Waals surface area contributed by atoms with Crippen molar-refractivity contribution in [2.45, 2.75) is 6.61 Å². The third-order valence-corrected chi connectivity index (χ3v) is 1.70. The van der Waals surface area contributed by atoms with Crippen molar-refractivity contribution in [2.75, 3.05) is 0 Å². The van der Waals surface area contributed by atoms with Crippen LogP contribution < -0.4 is 0 Å². The summed E-state index contributed by atoms with van der Waals surface area (Å²) >= 11 is 0. The second kappa shape index (κ2) is 2.83. The van der Waals surface area contributed by atoms with Crippen molar-refractivity contribution < 1.29 is 9.52 Å². The zero-order chi connectivity index (χ0) is 8.39. The summed E-state index contributed by atoms with van der Waals surface area (Å²) < 4.78 is 4.91. The number of nitrogens with zero attached hydrogens (tertiary/aromatic N) is 1. The van der Waals surface area contributed by atoms with Crippen LogP contribution in [0.4, 0.5) is 0 Å². The molecular weight excluding hydrogens is 156 g/mol. The molecule has 12 heavy (non-hydrogen) atoms. The summed E-state index contributed by atoms with van der Waals surface area (Å²) in [6, 6.07) is 1.81. The Morgan fingerprint density at radius 2 is 2.50 bits per heavy atom. The Bertz CT molecular complexity index is 351. The van der Waals surface area contributed by atoms with E-state index < -0.39 is 0 Å². The highest BCUT2D eigenvalue weighted by Gasteiger charge is 2.06. The second-order valence-electron chi connectivity index (χ2n) is 2.44. The smallest absolute Gasteiger partial charge is 0.0996 e. The van der Waals surface area contributed by atoms with E-state index in [1.807, 2.05) is 6.07 Å². The van der Waals surface area contributed by atoms with E-state index in [2.05, 4.69) is 10.2 Å². The van der Waals surface area contributed by atoms with Gasteiger partial charge in [0, 0.05) is 11.1 Å². The van der Waals surface area contributed by atoms with Crippen LogP contribution in [-0.2, 0) is 6.61 Å². The van der Waals surface area contributed by atoms with Gasteiger partial charge < -0.3 is 9.52 Å². The number of aromatic amines is 1. The number of H-pyrrole nitrogens is 1. The van der Waals surface area contributed by atoms with Crippen LogP contribution in [0, 0.1) is 0 Å². The lowest BCUT2D eigenvalue weighted by atomic mass is 10.2. The van der Waals surface area contributed by atoms with Gasteiger partial charge in [-0.3, -0.25) is 5.10 Å². The molecule has 4 nitrogen and oxygen atoms in total. The maximum atomic E-state index is 8.92. The highest BCUT2D eigenvalue weighted by molar-refractivity contribution is 5.60. The van der Waals surface area contributed by atoms with E-state index in [0.29, 0.717) is 0 Å². The molecule has 4 heteroatoms. The van der Waals surface area contributed by atoms with Crippen molar-refractivity contribution in [1.29, 1.82) is 0 Å². The molecular formula is C8H8N2O2. The Kier molecular flexibility index (Phi) is 1.68. The molecule has 0 fully saturated rings. The lowest BCUT2D eigenvalue weighted by molar-refractivity contribution is 0.282. The van der Waals surface area contributed by atoms with E-state index in [-0.39, 0.29) is 6.61 Å². The minimum absolute atomic E-state index is 0.0169. The van der Waals surface area contributed by atoms with Crippen LogP contribution in [0.3, 0.4) is 0 Å². The Morgan fingerprint density at radius 3 is 3.17 bits per heavy atom. The van der Waals surface area contributed by atoms with Crippen molar-refractivity contribution in [3.05, 3.63) is 30.4 Å². The average molecular weight is 164 g/mol. The van der Waals surface area contributed by atoms with Gasteiger partial charge >= 0.3 is 0 Å². The number of furan rings is 1. The number of aliphatic hydroxyl groups is 1. The molecule has 0 aliphatic heterocycles. The number of rotatable bonds is 2. The van der Waals surface area contributed by atoms with E-state index in [1.165, 1.54) is 0 Å². The zero-order valence-electron chi connectivity index (χ0n) is 6.32. The molecule has 62 valence electrons. The second-order valence-corrected chi connectivity index (χ2v) is 2.44. The van der Waals surface area contributed by atoms with E-state index in [1.54, 1.807) is 18.7 Å². The minimum atomic E-state index is -0.0169. The first-order valence-corrected chi connectivity index (χ1v) is 3.57. The highest BCUT2D eigenvalue weighted by Crippen LogP contribution is 2.20. The summed E-state index contributed by atoms with van der Waals surface area (Å²) in [7, 11) is 0. The fourth-order valence-electron chi connectivity index (χ4n) is 1.09. The van der Waals surface area contributed by atoms with Gasteiger partial charge in [0.1, 0.15) is 0 Å². The fourth-order valence-corrected chi connectivity index (χ4v) is 1.09. The first kappa shape index (κ1) is 7.12. The third kappa shape index (κ3) is 1.02. The topological polar surface area (TPSA) is 62.1 Å². The van der Waals surface area contributed by atoms with Crippen LogP contribution in [0.1, 0.15) is 5.56 Å². The molecule has 0 saturated heterocycles. The molecule has 0 spiro atoms. The molecule has 0 atom stereocenters. The molecule has 2 aromatic heterocycles. The number of nitrogens with one attached hydrogen (secondary N) is 1. The molecule has 0 saturated carbocycles. The molecule has 0 unspecified atom stereocenters. The maximum absolute atomic E-state index is 8.92. The number of hydrogen-bond donors (Lipinski definition) is 2. The van der Waals surface area contributed by atoms with Crippen LogP contribution in [-0.4, -0.2) is 15.3 Å². The largest absolute Gasteiger partial charge is 0.472 e. The minimum Gasteiger partial charge on any atom is -0.472 e. The molecule has 0 aliphatic carbocycles. The Labute approximate surface area is 68.8 Å². The molecule has 2 heterocycles. The molecule has 0 amide bonds. The van der Waals surface area contributed by atoms with Crippen molar-refractivity contribution in [3.8, 4) is 11.3 Å². The van der Waals surface area contributed by atoms with Crippen molar-refractivity contribution in [1.82, 2.24) is 10.2 Å². The predicted molar refractivity (Wildman–Crippen MR) is 42.2 cm³/mol. The van der Waals surface area contributed by atoms with Gasteiger partial charge in [0.25, 0.3) is 0 Å². The van der Waals surface area contributed by atoms with Crippen LogP contribution in [0.25, 0.3) is 11.3 Å². The van der Waals surface area contributed by atoms with Gasteiger partial charge in [-0.2, -0.15) is 5.10 Å². The molecule has 2 rings (SSSR count). The lowest BCUT2D eigenvalue weighted by Crippen LogP contribution is -1.83. The summed E-state index contributed by atoms with van der Waals surface area (Å²) in [6.07, 6.45) is 4.78. The van der Waals surface area contributed by atoms with Crippen molar-refractivity contribution >= 4 is 0 Å². The van der Waals surface area contributed by atoms with Gasteiger partial charge in [0.2, 0.25) is 0 Å². The van der Waals surface area contributed by atoms with Gasteiger partial charge in [-0.15, -0.1) is 0 Å². The quantitative estimate of drug-likeness (QED) is 0.700. The molecule has 0 radical (unpaired) electrons. The van der Waals surface area contributed by atoms with Crippen molar-refractivity contribution in [3.63, 3.8) is 0 Å². The third-order valence-electron chi connectivity index (χ3n) is 1.70. The van der Waals surface area contributed by atoms with Gasteiger partial charge in [0.15, 0.2) is 0 Å². The Balaban J connectivity index is 2.46. The van der Waals surface area contributed by atoms with Gasteiger partial charge in [-0.05, 0) is 6.07 Å². The number of aromatic nitrogens is 2. The summed E-state index contributed by atoms with van der Waals surface area (Å²) in [6.45, 7) is -0.0169.